The minimum Gasteiger partial charge on any atom is -0.344 e. The van der Waals surface area contributed by atoms with Gasteiger partial charge in [-0.05, 0) is 35.2 Å². The van der Waals surface area contributed by atoms with Crippen LogP contribution in [0.5, 0.6) is 0 Å². The maximum atomic E-state index is 13.0. The van der Waals surface area contributed by atoms with Gasteiger partial charge in [-0.25, -0.2) is 9.87 Å². The monoisotopic (exact) mass is 314 g/mol. The smallest absolute Gasteiger partial charge is 0.265 e. The number of hydroxylamine groups is 1. The number of carbonyl (C=O) groups excluding carboxylic acids is 2. The number of amides is 2. The first-order valence-electron chi connectivity index (χ1n) is 7.18. The van der Waals surface area contributed by atoms with Crippen molar-refractivity contribution in [1.82, 2.24) is 10.8 Å². The zero-order valence-corrected chi connectivity index (χ0v) is 12.1. The molecule has 2 unspecified atom stereocenters. The largest absolute Gasteiger partial charge is 0.344 e. The van der Waals surface area contributed by atoms with Gasteiger partial charge in [0.1, 0.15) is 11.9 Å². The maximum Gasteiger partial charge on any atom is 0.265 e. The second kappa shape index (κ2) is 6.18. The summed E-state index contributed by atoms with van der Waals surface area (Å²) < 4.78 is 13.0. The molecular weight excluding hydrogens is 299 g/mol. The minimum atomic E-state index is -0.728. The topological polar surface area (TPSA) is 78.4 Å². The summed E-state index contributed by atoms with van der Waals surface area (Å²) in [6.45, 7) is 0. The molecule has 23 heavy (non-hydrogen) atoms. The molecule has 3 rings (SSSR count). The highest BCUT2D eigenvalue weighted by Crippen LogP contribution is 2.29. The summed E-state index contributed by atoms with van der Waals surface area (Å²) in [6.07, 6.45) is 0.293. The Bertz CT molecular complexity index is 729. The van der Waals surface area contributed by atoms with Crippen LogP contribution in [0.1, 0.15) is 17.9 Å². The number of hydrogen-bond donors (Lipinski definition) is 3. The van der Waals surface area contributed by atoms with Gasteiger partial charge in [0.2, 0.25) is 5.91 Å². The number of hydrogen-bond acceptors (Lipinski definition) is 3. The molecule has 2 atom stereocenters. The van der Waals surface area contributed by atoms with Crippen molar-refractivity contribution in [3.05, 3.63) is 59.9 Å². The highest BCUT2D eigenvalue weighted by Gasteiger charge is 2.36. The van der Waals surface area contributed by atoms with E-state index in [0.717, 1.165) is 16.7 Å². The summed E-state index contributed by atoms with van der Waals surface area (Å²) in [5.41, 5.74) is 4.14. The Balaban J connectivity index is 1.78. The van der Waals surface area contributed by atoms with E-state index in [4.69, 9.17) is 5.21 Å². The molecule has 1 heterocycles. The van der Waals surface area contributed by atoms with E-state index in [0.29, 0.717) is 6.42 Å². The lowest BCUT2D eigenvalue weighted by atomic mass is 9.93. The molecular formula is C17H15FN2O3. The molecule has 1 saturated heterocycles. The molecule has 0 spiro atoms. The van der Waals surface area contributed by atoms with Crippen LogP contribution >= 0.6 is 0 Å². The Kier molecular flexibility index (Phi) is 4.08. The molecule has 0 aromatic heterocycles. The zero-order chi connectivity index (χ0) is 16.4. The molecule has 1 aliphatic rings. The fourth-order valence-electron chi connectivity index (χ4n) is 2.76. The quantitative estimate of drug-likeness (QED) is 0.599. The van der Waals surface area contributed by atoms with Gasteiger partial charge in [0, 0.05) is 0 Å². The minimum absolute atomic E-state index is 0.242. The number of rotatable bonds is 3. The van der Waals surface area contributed by atoms with Crippen molar-refractivity contribution in [2.45, 2.75) is 18.4 Å². The van der Waals surface area contributed by atoms with Gasteiger partial charge in [0.15, 0.2) is 0 Å². The van der Waals surface area contributed by atoms with Crippen molar-refractivity contribution in [3.63, 3.8) is 0 Å². The van der Waals surface area contributed by atoms with Gasteiger partial charge < -0.3 is 5.32 Å². The first kappa shape index (κ1) is 15.2. The van der Waals surface area contributed by atoms with Crippen LogP contribution in [0.2, 0.25) is 0 Å². The molecule has 1 fully saturated rings. The molecule has 2 aromatic rings. The molecule has 0 bridgehead atoms. The van der Waals surface area contributed by atoms with E-state index in [1.165, 1.54) is 12.1 Å². The van der Waals surface area contributed by atoms with Crippen LogP contribution in [0, 0.1) is 5.82 Å². The van der Waals surface area contributed by atoms with E-state index >= 15 is 0 Å². The Hall–Kier alpha value is -2.73. The Morgan fingerprint density at radius 3 is 2.22 bits per heavy atom. The summed E-state index contributed by atoms with van der Waals surface area (Å²) >= 11 is 0. The summed E-state index contributed by atoms with van der Waals surface area (Å²) in [7, 11) is 0. The van der Waals surface area contributed by atoms with E-state index in [1.54, 1.807) is 17.6 Å². The third-order valence-electron chi connectivity index (χ3n) is 4.02. The van der Waals surface area contributed by atoms with Crippen molar-refractivity contribution < 1.29 is 19.2 Å². The second-order valence-electron chi connectivity index (χ2n) is 5.45. The number of nitrogens with one attached hydrogen (secondary N) is 2. The summed E-state index contributed by atoms with van der Waals surface area (Å²) in [5, 5.41) is 11.2. The standard InChI is InChI=1S/C17H15FN2O3/c18-13-7-5-11(6-8-13)10-1-3-12(4-2-10)14-9-15(17(22)20-23)19-16(14)21/h1-8,14-15,23H,9H2,(H,19,21)(H,20,22). The van der Waals surface area contributed by atoms with Crippen LogP contribution in [0.4, 0.5) is 4.39 Å². The van der Waals surface area contributed by atoms with Crippen LogP contribution in [-0.2, 0) is 9.59 Å². The van der Waals surface area contributed by atoms with E-state index in [1.807, 2.05) is 24.3 Å². The molecule has 2 aromatic carbocycles. The van der Waals surface area contributed by atoms with E-state index in [9.17, 15) is 14.0 Å². The highest BCUT2D eigenvalue weighted by atomic mass is 19.1. The predicted molar refractivity (Wildman–Crippen MR) is 81.1 cm³/mol. The zero-order valence-electron chi connectivity index (χ0n) is 12.1. The van der Waals surface area contributed by atoms with Crippen molar-refractivity contribution >= 4 is 11.8 Å². The fraction of sp³-hybridized carbons (Fsp3) is 0.176. The van der Waals surface area contributed by atoms with Gasteiger partial charge in [-0.3, -0.25) is 14.8 Å². The van der Waals surface area contributed by atoms with E-state index in [2.05, 4.69) is 5.32 Å². The third kappa shape index (κ3) is 3.07. The average Bonchev–Trinajstić information content (AvgIpc) is 2.97. The Morgan fingerprint density at radius 2 is 1.65 bits per heavy atom. The molecule has 0 saturated carbocycles. The van der Waals surface area contributed by atoms with Crippen molar-refractivity contribution in [2.24, 2.45) is 0 Å². The van der Waals surface area contributed by atoms with Gasteiger partial charge in [0.05, 0.1) is 5.92 Å². The molecule has 1 aliphatic heterocycles. The molecule has 2 amide bonds. The van der Waals surface area contributed by atoms with Gasteiger partial charge in [-0.1, -0.05) is 36.4 Å². The van der Waals surface area contributed by atoms with Crippen molar-refractivity contribution in [2.75, 3.05) is 0 Å². The van der Waals surface area contributed by atoms with E-state index in [-0.39, 0.29) is 11.7 Å². The molecule has 5 nitrogen and oxygen atoms in total. The number of carbonyl (C=O) groups is 2. The fourth-order valence-corrected chi connectivity index (χ4v) is 2.76. The third-order valence-corrected chi connectivity index (χ3v) is 4.02. The van der Waals surface area contributed by atoms with E-state index < -0.39 is 17.9 Å². The summed E-state index contributed by atoms with van der Waals surface area (Å²) in [6, 6.07) is 12.8. The van der Waals surface area contributed by atoms with Gasteiger partial charge >= 0.3 is 0 Å². The molecule has 0 aliphatic carbocycles. The second-order valence-corrected chi connectivity index (χ2v) is 5.45. The molecule has 118 valence electrons. The normalized spacial score (nSPS) is 20.2. The summed E-state index contributed by atoms with van der Waals surface area (Å²) in [5.74, 6) is -1.59. The lowest BCUT2D eigenvalue weighted by Crippen LogP contribution is -2.40. The SMILES string of the molecule is O=C(NO)C1CC(c2ccc(-c3ccc(F)cc3)cc2)C(=O)N1. The number of halogens is 1. The average molecular weight is 314 g/mol. The molecule has 0 radical (unpaired) electrons. The van der Waals surface area contributed by atoms with Crippen molar-refractivity contribution in [1.29, 1.82) is 0 Å². The Morgan fingerprint density at radius 1 is 1.09 bits per heavy atom. The molecule has 6 heteroatoms. The van der Waals surface area contributed by atoms with Gasteiger partial charge in [-0.15, -0.1) is 0 Å². The molecule has 3 N–H and O–H groups in total. The first-order chi connectivity index (χ1) is 11.1. The van der Waals surface area contributed by atoms with Crippen LogP contribution < -0.4 is 10.8 Å². The van der Waals surface area contributed by atoms with Gasteiger partial charge in [0.25, 0.3) is 5.91 Å². The summed E-state index contributed by atoms with van der Waals surface area (Å²) in [4.78, 5) is 23.4. The lowest BCUT2D eigenvalue weighted by Gasteiger charge is -2.09. The lowest BCUT2D eigenvalue weighted by molar-refractivity contribution is -0.132. The predicted octanol–water partition coefficient (Wildman–Crippen LogP) is 1.97. The van der Waals surface area contributed by atoms with Gasteiger partial charge in [-0.2, -0.15) is 0 Å². The first-order valence-corrected chi connectivity index (χ1v) is 7.18. The van der Waals surface area contributed by atoms with Crippen LogP contribution in [0.3, 0.4) is 0 Å². The van der Waals surface area contributed by atoms with Crippen LogP contribution in [0.25, 0.3) is 11.1 Å². The van der Waals surface area contributed by atoms with Crippen LogP contribution in [-0.4, -0.2) is 23.1 Å². The van der Waals surface area contributed by atoms with Crippen LogP contribution in [0.15, 0.2) is 48.5 Å². The number of benzene rings is 2. The highest BCUT2D eigenvalue weighted by molar-refractivity contribution is 5.94. The maximum absolute atomic E-state index is 13.0. The van der Waals surface area contributed by atoms with Crippen molar-refractivity contribution in [3.8, 4) is 11.1 Å². The Labute approximate surface area is 132 Å².